The molecule has 5 nitrogen and oxygen atoms in total. The van der Waals surface area contributed by atoms with Crippen molar-refractivity contribution in [1.29, 1.82) is 0 Å². The molecule has 0 amide bonds. The molecule has 1 aromatic rings. The molecule has 3 unspecified atom stereocenters. The van der Waals surface area contributed by atoms with E-state index < -0.39 is 18.2 Å². The highest BCUT2D eigenvalue weighted by Crippen LogP contribution is 2.33. The minimum atomic E-state index is -1.24. The summed E-state index contributed by atoms with van der Waals surface area (Å²) in [6, 6.07) is 9.88. The maximum absolute atomic E-state index is 11.3. The molecule has 0 aromatic heterocycles. The monoisotopic (exact) mass is 251 g/mol. The minimum Gasteiger partial charge on any atom is -0.467 e. The summed E-state index contributed by atoms with van der Waals surface area (Å²) in [6.07, 6.45) is -1.25. The highest BCUT2D eigenvalue weighted by atomic mass is 16.7. The van der Waals surface area contributed by atoms with E-state index in [0.717, 1.165) is 5.56 Å². The summed E-state index contributed by atoms with van der Waals surface area (Å²) in [5.41, 5.74) is 1.10. The number of carbonyl (C=O) groups is 1. The van der Waals surface area contributed by atoms with Crippen LogP contribution in [0.15, 0.2) is 30.3 Å². The van der Waals surface area contributed by atoms with Crippen molar-refractivity contribution in [2.24, 2.45) is 0 Å². The standard InChI is InChI=1S/C13H17NO4/c1-14-10(9-6-4-3-5-7-9)8-11(18-14)12(15)13(16)17-2/h3-7,10-12,15H,8H2,1-2H3. The number of benzene rings is 1. The van der Waals surface area contributed by atoms with E-state index in [0.29, 0.717) is 6.42 Å². The molecule has 18 heavy (non-hydrogen) atoms. The predicted molar refractivity (Wildman–Crippen MR) is 64.5 cm³/mol. The van der Waals surface area contributed by atoms with Gasteiger partial charge in [-0.3, -0.25) is 4.84 Å². The Labute approximate surface area is 106 Å². The topological polar surface area (TPSA) is 59.0 Å². The first-order valence-corrected chi connectivity index (χ1v) is 5.84. The van der Waals surface area contributed by atoms with E-state index in [2.05, 4.69) is 4.74 Å². The highest BCUT2D eigenvalue weighted by molar-refractivity contribution is 5.75. The molecule has 0 saturated carbocycles. The van der Waals surface area contributed by atoms with Crippen molar-refractivity contribution in [1.82, 2.24) is 5.06 Å². The number of hydroxylamine groups is 2. The lowest BCUT2D eigenvalue weighted by Crippen LogP contribution is -2.35. The SMILES string of the molecule is COC(=O)C(O)C1CC(c2ccccc2)N(C)O1. The summed E-state index contributed by atoms with van der Waals surface area (Å²) in [5, 5.41) is 11.4. The number of aliphatic hydroxyl groups is 1. The summed E-state index contributed by atoms with van der Waals surface area (Å²) in [5.74, 6) is -0.665. The summed E-state index contributed by atoms with van der Waals surface area (Å²) >= 11 is 0. The van der Waals surface area contributed by atoms with Gasteiger partial charge in [-0.1, -0.05) is 30.3 Å². The highest BCUT2D eigenvalue weighted by Gasteiger charge is 2.39. The molecule has 2 rings (SSSR count). The Bertz CT molecular complexity index is 409. The third kappa shape index (κ3) is 2.53. The maximum atomic E-state index is 11.3. The molecule has 1 aliphatic heterocycles. The summed E-state index contributed by atoms with van der Waals surface area (Å²) in [7, 11) is 3.04. The normalized spacial score (nSPS) is 25.9. The Hall–Kier alpha value is -1.43. The van der Waals surface area contributed by atoms with Crippen molar-refractivity contribution in [2.45, 2.75) is 24.7 Å². The van der Waals surface area contributed by atoms with Crippen LogP contribution in [0.4, 0.5) is 0 Å². The molecule has 1 heterocycles. The molecule has 0 bridgehead atoms. The Balaban J connectivity index is 2.08. The predicted octanol–water partition coefficient (Wildman–Crippen LogP) is 0.897. The fraction of sp³-hybridized carbons (Fsp3) is 0.462. The Morgan fingerprint density at radius 1 is 1.50 bits per heavy atom. The Kier molecular flexibility index (Phi) is 3.96. The lowest BCUT2D eigenvalue weighted by Gasteiger charge is -2.17. The zero-order chi connectivity index (χ0) is 13.1. The minimum absolute atomic E-state index is 0.0375. The number of esters is 1. The van der Waals surface area contributed by atoms with Gasteiger partial charge in [-0.2, -0.15) is 5.06 Å². The van der Waals surface area contributed by atoms with E-state index in [1.165, 1.54) is 7.11 Å². The van der Waals surface area contributed by atoms with Gasteiger partial charge in [0.15, 0.2) is 6.10 Å². The molecule has 1 aliphatic rings. The Morgan fingerprint density at radius 2 is 2.17 bits per heavy atom. The third-order valence-corrected chi connectivity index (χ3v) is 3.18. The van der Waals surface area contributed by atoms with Crippen LogP contribution in [0.1, 0.15) is 18.0 Å². The summed E-state index contributed by atoms with van der Waals surface area (Å²) in [4.78, 5) is 16.8. The van der Waals surface area contributed by atoms with E-state index >= 15 is 0 Å². The van der Waals surface area contributed by atoms with Gasteiger partial charge in [0.05, 0.1) is 13.2 Å². The van der Waals surface area contributed by atoms with Gasteiger partial charge in [0, 0.05) is 13.5 Å². The lowest BCUT2D eigenvalue weighted by molar-refractivity contribution is -0.185. The van der Waals surface area contributed by atoms with Gasteiger partial charge in [-0.25, -0.2) is 4.79 Å². The zero-order valence-corrected chi connectivity index (χ0v) is 10.4. The van der Waals surface area contributed by atoms with Crippen LogP contribution < -0.4 is 0 Å². The van der Waals surface area contributed by atoms with E-state index in [1.807, 2.05) is 30.3 Å². The van der Waals surface area contributed by atoms with Crippen molar-refractivity contribution >= 4 is 5.97 Å². The van der Waals surface area contributed by atoms with Crippen molar-refractivity contribution in [2.75, 3.05) is 14.2 Å². The lowest BCUT2D eigenvalue weighted by atomic mass is 9.99. The second-order valence-electron chi connectivity index (χ2n) is 4.32. The summed E-state index contributed by atoms with van der Waals surface area (Å²) < 4.78 is 4.51. The van der Waals surface area contributed by atoms with Crippen LogP contribution in [-0.4, -0.2) is 42.5 Å². The number of methoxy groups -OCH3 is 1. The zero-order valence-electron chi connectivity index (χ0n) is 10.4. The average Bonchev–Trinajstić information content (AvgIpc) is 2.80. The number of nitrogens with zero attached hydrogens (tertiary/aromatic N) is 1. The van der Waals surface area contributed by atoms with Gasteiger partial charge in [0.2, 0.25) is 0 Å². The first-order chi connectivity index (χ1) is 8.63. The fourth-order valence-corrected chi connectivity index (χ4v) is 2.18. The van der Waals surface area contributed by atoms with Crippen LogP contribution in [0.5, 0.6) is 0 Å². The fourth-order valence-electron chi connectivity index (χ4n) is 2.18. The second kappa shape index (κ2) is 5.48. The van der Waals surface area contributed by atoms with E-state index in [9.17, 15) is 9.90 Å². The number of aliphatic hydroxyl groups excluding tert-OH is 1. The number of hydrogen-bond acceptors (Lipinski definition) is 5. The van der Waals surface area contributed by atoms with Gasteiger partial charge in [0.25, 0.3) is 0 Å². The first-order valence-electron chi connectivity index (χ1n) is 5.84. The quantitative estimate of drug-likeness (QED) is 0.809. The van der Waals surface area contributed by atoms with Crippen molar-refractivity contribution in [3.05, 3.63) is 35.9 Å². The molecular formula is C13H17NO4. The average molecular weight is 251 g/mol. The van der Waals surface area contributed by atoms with Crippen LogP contribution >= 0.6 is 0 Å². The van der Waals surface area contributed by atoms with Crippen LogP contribution in [0.3, 0.4) is 0 Å². The van der Waals surface area contributed by atoms with Crippen molar-refractivity contribution in [3.63, 3.8) is 0 Å². The van der Waals surface area contributed by atoms with E-state index in [-0.39, 0.29) is 6.04 Å². The van der Waals surface area contributed by atoms with Gasteiger partial charge < -0.3 is 9.84 Å². The molecule has 1 saturated heterocycles. The third-order valence-electron chi connectivity index (χ3n) is 3.18. The van der Waals surface area contributed by atoms with Gasteiger partial charge in [0.1, 0.15) is 6.10 Å². The van der Waals surface area contributed by atoms with Gasteiger partial charge in [-0.05, 0) is 5.56 Å². The molecule has 1 N–H and O–H groups in total. The molecule has 5 heteroatoms. The summed E-state index contributed by atoms with van der Waals surface area (Å²) in [6.45, 7) is 0. The number of hydrogen-bond donors (Lipinski definition) is 1. The van der Waals surface area contributed by atoms with Crippen LogP contribution in [0.2, 0.25) is 0 Å². The van der Waals surface area contributed by atoms with Crippen LogP contribution in [0.25, 0.3) is 0 Å². The molecule has 98 valence electrons. The molecule has 0 radical (unpaired) electrons. The van der Waals surface area contributed by atoms with Crippen molar-refractivity contribution in [3.8, 4) is 0 Å². The van der Waals surface area contributed by atoms with Gasteiger partial charge >= 0.3 is 5.97 Å². The number of rotatable bonds is 3. The molecule has 0 aliphatic carbocycles. The smallest absolute Gasteiger partial charge is 0.337 e. The Morgan fingerprint density at radius 3 is 2.78 bits per heavy atom. The molecule has 1 aromatic carbocycles. The van der Waals surface area contributed by atoms with E-state index in [4.69, 9.17) is 4.84 Å². The van der Waals surface area contributed by atoms with Crippen LogP contribution in [-0.2, 0) is 14.4 Å². The second-order valence-corrected chi connectivity index (χ2v) is 4.32. The molecule has 0 spiro atoms. The van der Waals surface area contributed by atoms with E-state index in [1.54, 1.807) is 12.1 Å². The molecule has 3 atom stereocenters. The first kappa shape index (κ1) is 13.0. The number of carbonyl (C=O) groups excluding carboxylic acids is 1. The molecule has 1 fully saturated rings. The molecular weight excluding hydrogens is 234 g/mol. The van der Waals surface area contributed by atoms with Crippen LogP contribution in [0, 0.1) is 0 Å². The van der Waals surface area contributed by atoms with Crippen molar-refractivity contribution < 1.29 is 19.5 Å². The largest absolute Gasteiger partial charge is 0.467 e. The van der Waals surface area contributed by atoms with Gasteiger partial charge in [-0.15, -0.1) is 0 Å². The number of ether oxygens (including phenoxy) is 1. The maximum Gasteiger partial charge on any atom is 0.337 e.